The number of hydrogen-bond donors (Lipinski definition) is 1. The van der Waals surface area contributed by atoms with Crippen LogP contribution >= 0.6 is 0 Å². The summed E-state index contributed by atoms with van der Waals surface area (Å²) in [6, 6.07) is 15.4. The van der Waals surface area contributed by atoms with Gasteiger partial charge in [0.1, 0.15) is 5.82 Å². The van der Waals surface area contributed by atoms with Gasteiger partial charge >= 0.3 is 0 Å². The molecule has 0 radical (unpaired) electrons. The van der Waals surface area contributed by atoms with Crippen molar-refractivity contribution in [2.45, 2.75) is 19.3 Å². The molecule has 9 heteroatoms. The first-order chi connectivity index (χ1) is 16.1. The third kappa shape index (κ3) is 3.57. The maximum absolute atomic E-state index is 12.8. The fraction of sp³-hybridized carbons (Fsp3) is 0.208. The van der Waals surface area contributed by atoms with Gasteiger partial charge in [-0.25, -0.2) is 4.98 Å². The summed E-state index contributed by atoms with van der Waals surface area (Å²) in [4.78, 5) is 17.4. The Kier molecular flexibility index (Phi) is 5.21. The fourth-order valence-electron chi connectivity index (χ4n) is 4.28. The van der Waals surface area contributed by atoms with Gasteiger partial charge in [-0.05, 0) is 13.0 Å². The maximum Gasteiger partial charge on any atom is 0.272 e. The van der Waals surface area contributed by atoms with E-state index in [9.17, 15) is 4.79 Å². The third-order valence-electron chi connectivity index (χ3n) is 5.72. The number of nitrogens with zero attached hydrogens (tertiary/aromatic N) is 5. The first kappa shape index (κ1) is 20.6. The Balaban J connectivity index is 1.64. The van der Waals surface area contributed by atoms with Crippen molar-refractivity contribution in [2.75, 3.05) is 19.5 Å². The molecule has 1 atom stereocenters. The van der Waals surface area contributed by atoms with Crippen molar-refractivity contribution in [2.24, 2.45) is 0 Å². The number of para-hydroxylation sites is 1. The van der Waals surface area contributed by atoms with Crippen molar-refractivity contribution in [3.8, 4) is 28.7 Å². The van der Waals surface area contributed by atoms with Crippen molar-refractivity contribution in [3.63, 3.8) is 0 Å². The van der Waals surface area contributed by atoms with E-state index in [0.29, 0.717) is 23.0 Å². The summed E-state index contributed by atoms with van der Waals surface area (Å²) in [6.07, 6.45) is 1.86. The zero-order valence-corrected chi connectivity index (χ0v) is 18.4. The molecule has 1 aliphatic heterocycles. The summed E-state index contributed by atoms with van der Waals surface area (Å²) in [5, 5.41) is 15.9. The van der Waals surface area contributed by atoms with Crippen molar-refractivity contribution < 1.29 is 14.3 Å². The first-order valence-electron chi connectivity index (χ1n) is 10.5. The lowest BCUT2D eigenvalue weighted by Gasteiger charge is -2.26. The molecule has 0 saturated heterocycles. The molecule has 166 valence electrons. The van der Waals surface area contributed by atoms with E-state index in [4.69, 9.17) is 9.47 Å². The second-order valence-corrected chi connectivity index (χ2v) is 7.65. The van der Waals surface area contributed by atoms with Crippen molar-refractivity contribution in [1.29, 1.82) is 0 Å². The smallest absolute Gasteiger partial charge is 0.272 e. The molecule has 0 aliphatic carbocycles. The average molecular weight is 442 g/mol. The van der Waals surface area contributed by atoms with E-state index >= 15 is 0 Å². The van der Waals surface area contributed by atoms with Gasteiger partial charge in [0, 0.05) is 29.0 Å². The van der Waals surface area contributed by atoms with Crippen LogP contribution in [0.5, 0.6) is 11.5 Å². The number of anilines is 1. The number of rotatable bonds is 5. The maximum atomic E-state index is 12.8. The van der Waals surface area contributed by atoms with Gasteiger partial charge in [0.15, 0.2) is 11.5 Å². The van der Waals surface area contributed by atoms with E-state index in [1.54, 1.807) is 25.1 Å². The molecule has 0 bridgehead atoms. The van der Waals surface area contributed by atoms with Gasteiger partial charge in [0.2, 0.25) is 5.91 Å². The summed E-state index contributed by atoms with van der Waals surface area (Å²) in [7, 11) is 3.18. The molecule has 33 heavy (non-hydrogen) atoms. The van der Waals surface area contributed by atoms with E-state index in [2.05, 4.69) is 25.6 Å². The van der Waals surface area contributed by atoms with E-state index < -0.39 is 0 Å². The number of hydrogen-bond acceptors (Lipinski definition) is 7. The van der Waals surface area contributed by atoms with Crippen LogP contribution < -0.4 is 14.8 Å². The lowest BCUT2D eigenvalue weighted by Crippen LogP contribution is -2.25. The number of fused-ring (bicyclic) bond motifs is 1. The minimum absolute atomic E-state index is 0.134. The Morgan fingerprint density at radius 3 is 2.64 bits per heavy atom. The number of amides is 1. The highest BCUT2D eigenvalue weighted by Gasteiger charge is 2.35. The number of nitrogens with one attached hydrogen (secondary N) is 1. The Hall–Kier alpha value is -4.27. The Morgan fingerprint density at radius 1 is 1.06 bits per heavy atom. The van der Waals surface area contributed by atoms with E-state index in [0.717, 1.165) is 22.4 Å². The standard InChI is InChI=1S/C24H22N6O3/c1-14-21-17(16-10-7-11-19(32-2)22(16)33-3)12-20(31)27-23(21)30(29-14)24-26-18(13-25-28-24)15-8-5-4-6-9-15/h4-11,13,17H,12H2,1-3H3,(H,27,31)/t17-/m0/s1. The molecule has 0 saturated carbocycles. The Labute approximate surface area is 190 Å². The van der Waals surface area contributed by atoms with E-state index in [-0.39, 0.29) is 24.2 Å². The summed E-state index contributed by atoms with van der Waals surface area (Å²) in [5.41, 5.74) is 4.07. The number of carbonyl (C=O) groups is 1. The second kappa shape index (κ2) is 8.34. The SMILES string of the molecule is COc1cccc([C@@H]2CC(=O)Nc3c2c(C)nn3-c2nncc(-c3ccccc3)n2)c1OC. The van der Waals surface area contributed by atoms with Gasteiger partial charge in [-0.2, -0.15) is 14.9 Å². The highest BCUT2D eigenvalue weighted by molar-refractivity contribution is 5.95. The quantitative estimate of drug-likeness (QED) is 0.504. The minimum atomic E-state index is -0.266. The molecule has 1 aliphatic rings. The molecule has 1 N–H and O–H groups in total. The van der Waals surface area contributed by atoms with Crippen LogP contribution in [-0.2, 0) is 4.79 Å². The lowest BCUT2D eigenvalue weighted by atomic mass is 9.85. The fourth-order valence-corrected chi connectivity index (χ4v) is 4.28. The summed E-state index contributed by atoms with van der Waals surface area (Å²) in [5.74, 6) is 1.62. The van der Waals surface area contributed by atoms with Crippen molar-refractivity contribution in [3.05, 3.63) is 71.5 Å². The predicted molar refractivity (Wildman–Crippen MR) is 122 cm³/mol. The molecule has 0 fully saturated rings. The van der Waals surface area contributed by atoms with E-state index in [1.165, 1.54) is 0 Å². The van der Waals surface area contributed by atoms with Crippen LogP contribution in [0.25, 0.3) is 17.2 Å². The van der Waals surface area contributed by atoms with Gasteiger partial charge < -0.3 is 14.8 Å². The molecule has 9 nitrogen and oxygen atoms in total. The van der Waals surface area contributed by atoms with Crippen LogP contribution in [0.4, 0.5) is 5.82 Å². The third-order valence-corrected chi connectivity index (χ3v) is 5.72. The monoisotopic (exact) mass is 442 g/mol. The second-order valence-electron chi connectivity index (χ2n) is 7.65. The van der Waals surface area contributed by atoms with E-state index in [1.807, 2.05) is 55.5 Å². The Bertz CT molecular complexity index is 1340. The van der Waals surface area contributed by atoms with Crippen LogP contribution in [0.1, 0.15) is 29.2 Å². The van der Waals surface area contributed by atoms with Crippen LogP contribution in [0.3, 0.4) is 0 Å². The number of benzene rings is 2. The molecule has 2 aromatic heterocycles. The number of aromatic nitrogens is 5. The molecular formula is C24H22N6O3. The zero-order chi connectivity index (χ0) is 22.9. The lowest BCUT2D eigenvalue weighted by molar-refractivity contribution is -0.116. The molecular weight excluding hydrogens is 420 g/mol. The predicted octanol–water partition coefficient (Wildman–Crippen LogP) is 3.52. The van der Waals surface area contributed by atoms with Gasteiger partial charge in [0.05, 0.1) is 31.8 Å². The molecule has 0 spiro atoms. The topological polar surface area (TPSA) is 104 Å². The Morgan fingerprint density at radius 2 is 1.88 bits per heavy atom. The summed E-state index contributed by atoms with van der Waals surface area (Å²) < 4.78 is 12.7. The van der Waals surface area contributed by atoms with Crippen molar-refractivity contribution >= 4 is 11.7 Å². The van der Waals surface area contributed by atoms with Gasteiger partial charge in [0.25, 0.3) is 5.95 Å². The molecule has 3 heterocycles. The summed E-state index contributed by atoms with van der Waals surface area (Å²) in [6.45, 7) is 1.90. The molecule has 0 unspecified atom stereocenters. The number of aryl methyl sites for hydroxylation is 1. The highest BCUT2D eigenvalue weighted by Crippen LogP contribution is 2.45. The van der Waals surface area contributed by atoms with Crippen LogP contribution in [-0.4, -0.2) is 45.1 Å². The molecule has 5 rings (SSSR count). The first-order valence-corrected chi connectivity index (χ1v) is 10.5. The average Bonchev–Trinajstić information content (AvgIpc) is 3.19. The van der Waals surface area contributed by atoms with Crippen LogP contribution in [0.15, 0.2) is 54.7 Å². The van der Waals surface area contributed by atoms with Gasteiger partial charge in [-0.15, -0.1) is 5.10 Å². The number of carbonyl (C=O) groups excluding carboxylic acids is 1. The normalized spacial score (nSPS) is 15.0. The van der Waals surface area contributed by atoms with Crippen LogP contribution in [0.2, 0.25) is 0 Å². The minimum Gasteiger partial charge on any atom is -0.493 e. The number of ether oxygens (including phenoxy) is 2. The summed E-state index contributed by atoms with van der Waals surface area (Å²) >= 11 is 0. The van der Waals surface area contributed by atoms with Gasteiger partial charge in [-0.1, -0.05) is 42.5 Å². The van der Waals surface area contributed by atoms with Crippen molar-refractivity contribution in [1.82, 2.24) is 25.0 Å². The molecule has 1 amide bonds. The van der Waals surface area contributed by atoms with Crippen LogP contribution in [0, 0.1) is 6.92 Å². The van der Waals surface area contributed by atoms with Gasteiger partial charge in [-0.3, -0.25) is 4.79 Å². The highest BCUT2D eigenvalue weighted by atomic mass is 16.5. The zero-order valence-electron chi connectivity index (χ0n) is 18.4. The molecule has 4 aromatic rings. The largest absolute Gasteiger partial charge is 0.493 e. The molecule has 2 aromatic carbocycles. The number of methoxy groups -OCH3 is 2.